The third-order valence-corrected chi connectivity index (χ3v) is 2.27. The first-order valence-electron chi connectivity index (χ1n) is 5.33. The van der Waals surface area contributed by atoms with Crippen LogP contribution in [-0.2, 0) is 0 Å². The molecule has 1 N–H and O–H groups in total. The van der Waals surface area contributed by atoms with Crippen LogP contribution in [0.5, 0.6) is 0 Å². The summed E-state index contributed by atoms with van der Waals surface area (Å²) in [5.41, 5.74) is -0.297. The van der Waals surface area contributed by atoms with Crippen LogP contribution in [-0.4, -0.2) is 16.5 Å². The first kappa shape index (κ1) is 12.3. The van der Waals surface area contributed by atoms with E-state index in [1.165, 1.54) is 0 Å². The fraction of sp³-hybridized carbons (Fsp3) is 0.167. The molecule has 0 amide bonds. The summed E-state index contributed by atoms with van der Waals surface area (Å²) in [6.07, 6.45) is 0.948. The summed E-state index contributed by atoms with van der Waals surface area (Å²) >= 11 is 0. The van der Waals surface area contributed by atoms with E-state index in [-0.39, 0.29) is 17.2 Å². The van der Waals surface area contributed by atoms with Gasteiger partial charge in [0.05, 0.1) is 6.20 Å². The van der Waals surface area contributed by atoms with Crippen LogP contribution in [0.1, 0.15) is 6.92 Å². The van der Waals surface area contributed by atoms with E-state index in [0.717, 1.165) is 18.3 Å². The maximum absolute atomic E-state index is 13.6. The lowest BCUT2D eigenvalue weighted by Crippen LogP contribution is -2.04. The van der Waals surface area contributed by atoms with E-state index in [1.807, 2.05) is 6.92 Å². The Kier molecular flexibility index (Phi) is 3.45. The zero-order valence-electron chi connectivity index (χ0n) is 9.54. The lowest BCUT2D eigenvalue weighted by molar-refractivity contribution is 0.580. The lowest BCUT2D eigenvalue weighted by atomic mass is 10.1. The summed E-state index contributed by atoms with van der Waals surface area (Å²) in [5, 5.41) is 2.79. The normalized spacial score (nSPS) is 10.4. The molecule has 0 bridgehead atoms. The predicted octanol–water partition coefficient (Wildman–Crippen LogP) is 2.99. The first-order valence-corrected chi connectivity index (χ1v) is 5.33. The molecular formula is C12H10F3N3. The maximum atomic E-state index is 13.6. The van der Waals surface area contributed by atoms with Crippen molar-refractivity contribution in [1.29, 1.82) is 0 Å². The second kappa shape index (κ2) is 5.03. The highest BCUT2D eigenvalue weighted by Crippen LogP contribution is 2.24. The Morgan fingerprint density at radius 3 is 2.61 bits per heavy atom. The molecule has 2 rings (SSSR count). The highest BCUT2D eigenvalue weighted by molar-refractivity contribution is 5.61. The zero-order chi connectivity index (χ0) is 13.1. The van der Waals surface area contributed by atoms with Crippen molar-refractivity contribution < 1.29 is 13.2 Å². The van der Waals surface area contributed by atoms with Crippen molar-refractivity contribution in [1.82, 2.24) is 9.97 Å². The summed E-state index contributed by atoms with van der Waals surface area (Å²) in [6.45, 7) is 2.38. The van der Waals surface area contributed by atoms with Crippen molar-refractivity contribution in [2.45, 2.75) is 6.92 Å². The largest absolute Gasteiger partial charge is 0.354 e. The van der Waals surface area contributed by atoms with Gasteiger partial charge in [0.1, 0.15) is 17.3 Å². The standard InChI is InChI=1S/C12H10F3N3/c1-2-16-12-17-6-10(15)11(18-12)8-4-3-7(13)5-9(8)14/h3-6H,2H2,1H3,(H,16,17,18). The van der Waals surface area contributed by atoms with Gasteiger partial charge in [-0.3, -0.25) is 0 Å². The average Bonchev–Trinajstić information content (AvgIpc) is 2.33. The summed E-state index contributed by atoms with van der Waals surface area (Å²) in [5.74, 6) is -2.16. The van der Waals surface area contributed by atoms with Gasteiger partial charge in [0.25, 0.3) is 0 Å². The quantitative estimate of drug-likeness (QED) is 0.913. The number of nitrogens with one attached hydrogen (secondary N) is 1. The molecule has 6 heteroatoms. The molecule has 0 radical (unpaired) electrons. The van der Waals surface area contributed by atoms with E-state index in [1.54, 1.807) is 0 Å². The first-order chi connectivity index (χ1) is 8.61. The molecule has 0 saturated heterocycles. The third-order valence-electron chi connectivity index (χ3n) is 2.27. The summed E-state index contributed by atoms with van der Waals surface area (Å²) in [6, 6.07) is 2.88. The summed E-state index contributed by atoms with van der Waals surface area (Å²) in [4.78, 5) is 7.57. The van der Waals surface area contributed by atoms with Gasteiger partial charge in [0.2, 0.25) is 5.95 Å². The van der Waals surface area contributed by atoms with E-state index in [2.05, 4.69) is 15.3 Å². The minimum Gasteiger partial charge on any atom is -0.354 e. The molecule has 0 aliphatic heterocycles. The van der Waals surface area contributed by atoms with Gasteiger partial charge in [-0.15, -0.1) is 0 Å². The SMILES string of the molecule is CCNc1ncc(F)c(-c2ccc(F)cc2F)n1. The van der Waals surface area contributed by atoms with Gasteiger partial charge in [-0.1, -0.05) is 0 Å². The number of benzene rings is 1. The Labute approximate surface area is 102 Å². The number of anilines is 1. The molecule has 1 aromatic carbocycles. The molecule has 0 fully saturated rings. The number of aromatic nitrogens is 2. The van der Waals surface area contributed by atoms with Crippen molar-refractivity contribution in [3.63, 3.8) is 0 Å². The van der Waals surface area contributed by atoms with Gasteiger partial charge in [0.15, 0.2) is 5.82 Å². The van der Waals surface area contributed by atoms with E-state index in [9.17, 15) is 13.2 Å². The molecule has 0 aliphatic carbocycles. The van der Waals surface area contributed by atoms with Gasteiger partial charge in [-0.25, -0.2) is 23.1 Å². The van der Waals surface area contributed by atoms with Crippen LogP contribution < -0.4 is 5.32 Å². The smallest absolute Gasteiger partial charge is 0.223 e. The lowest BCUT2D eigenvalue weighted by Gasteiger charge is -2.07. The van der Waals surface area contributed by atoms with Crippen molar-refractivity contribution in [3.8, 4) is 11.3 Å². The molecule has 0 atom stereocenters. The van der Waals surface area contributed by atoms with Crippen molar-refractivity contribution in [2.75, 3.05) is 11.9 Å². The van der Waals surface area contributed by atoms with Crippen LogP contribution in [0.15, 0.2) is 24.4 Å². The fourth-order valence-corrected chi connectivity index (χ4v) is 1.48. The molecule has 3 nitrogen and oxygen atoms in total. The van der Waals surface area contributed by atoms with Crippen LogP contribution in [0.3, 0.4) is 0 Å². The van der Waals surface area contributed by atoms with Crippen molar-refractivity contribution in [3.05, 3.63) is 41.8 Å². The molecule has 18 heavy (non-hydrogen) atoms. The van der Waals surface area contributed by atoms with Gasteiger partial charge < -0.3 is 5.32 Å². The Bertz CT molecular complexity index is 572. The molecule has 2 aromatic rings. The Morgan fingerprint density at radius 2 is 1.94 bits per heavy atom. The highest BCUT2D eigenvalue weighted by atomic mass is 19.1. The van der Waals surface area contributed by atoms with Gasteiger partial charge >= 0.3 is 0 Å². The molecule has 0 aliphatic rings. The van der Waals surface area contributed by atoms with Crippen LogP contribution in [0.25, 0.3) is 11.3 Å². The van der Waals surface area contributed by atoms with E-state index < -0.39 is 17.5 Å². The minimum absolute atomic E-state index is 0.101. The third kappa shape index (κ3) is 2.42. The van der Waals surface area contributed by atoms with Crippen molar-refractivity contribution >= 4 is 5.95 Å². The summed E-state index contributed by atoms with van der Waals surface area (Å²) < 4.78 is 39.9. The molecule has 0 spiro atoms. The topological polar surface area (TPSA) is 37.8 Å². The number of hydrogen-bond donors (Lipinski definition) is 1. The zero-order valence-corrected chi connectivity index (χ0v) is 9.54. The number of rotatable bonds is 3. The van der Waals surface area contributed by atoms with Gasteiger partial charge in [0, 0.05) is 18.2 Å². The van der Waals surface area contributed by atoms with Crippen molar-refractivity contribution in [2.24, 2.45) is 0 Å². The van der Waals surface area contributed by atoms with E-state index >= 15 is 0 Å². The van der Waals surface area contributed by atoms with Crippen LogP contribution in [0.4, 0.5) is 19.1 Å². The molecule has 0 unspecified atom stereocenters. The molecule has 0 saturated carbocycles. The molecule has 1 aromatic heterocycles. The van der Waals surface area contributed by atoms with Crippen LogP contribution >= 0.6 is 0 Å². The highest BCUT2D eigenvalue weighted by Gasteiger charge is 2.14. The fourth-order valence-electron chi connectivity index (χ4n) is 1.48. The number of hydrogen-bond acceptors (Lipinski definition) is 3. The predicted molar refractivity (Wildman–Crippen MR) is 61.5 cm³/mol. The monoisotopic (exact) mass is 253 g/mol. The Balaban J connectivity index is 2.51. The van der Waals surface area contributed by atoms with E-state index in [0.29, 0.717) is 12.6 Å². The van der Waals surface area contributed by atoms with E-state index in [4.69, 9.17) is 0 Å². The minimum atomic E-state index is -0.866. The molecule has 1 heterocycles. The second-order valence-corrected chi connectivity index (χ2v) is 3.54. The Morgan fingerprint density at radius 1 is 1.17 bits per heavy atom. The summed E-state index contributed by atoms with van der Waals surface area (Å²) in [7, 11) is 0. The Hall–Kier alpha value is -2.11. The molecular weight excluding hydrogens is 243 g/mol. The van der Waals surface area contributed by atoms with Gasteiger partial charge in [-0.2, -0.15) is 0 Å². The number of halogens is 3. The average molecular weight is 253 g/mol. The van der Waals surface area contributed by atoms with Crippen LogP contribution in [0, 0.1) is 17.5 Å². The second-order valence-electron chi connectivity index (χ2n) is 3.54. The maximum Gasteiger partial charge on any atom is 0.223 e. The van der Waals surface area contributed by atoms with Gasteiger partial charge in [-0.05, 0) is 19.1 Å². The number of nitrogens with zero attached hydrogens (tertiary/aromatic N) is 2. The molecule has 94 valence electrons. The van der Waals surface area contributed by atoms with Crippen LogP contribution in [0.2, 0.25) is 0 Å².